The monoisotopic (exact) mass is 275 g/mol. The Morgan fingerprint density at radius 2 is 2.00 bits per heavy atom. The molecule has 1 atom stereocenters. The third-order valence-corrected chi connectivity index (χ3v) is 2.00. The summed E-state index contributed by atoms with van der Waals surface area (Å²) in [6.07, 6.45) is 2.60. The average molecular weight is 273 g/mol. The zero-order valence-electron chi connectivity index (χ0n) is 6.43. The van der Waals surface area contributed by atoms with Crippen molar-refractivity contribution < 1.29 is 34.0 Å². The summed E-state index contributed by atoms with van der Waals surface area (Å²) in [7, 11) is -4.06. The summed E-state index contributed by atoms with van der Waals surface area (Å²) in [5.41, 5.74) is 0. The predicted octanol–water partition coefficient (Wildman–Crippen LogP) is 0.159. The Morgan fingerprint density at radius 3 is 2.25 bits per heavy atom. The molecule has 70 valence electrons. The van der Waals surface area contributed by atoms with E-state index in [4.69, 9.17) is 4.55 Å². The van der Waals surface area contributed by atoms with Crippen LogP contribution in [0.3, 0.4) is 0 Å². The van der Waals surface area contributed by atoms with E-state index in [0.29, 0.717) is 6.54 Å². The van der Waals surface area contributed by atoms with Gasteiger partial charge in [0.25, 0.3) is 10.1 Å². The largest absolute Gasteiger partial charge is 0.292 e. The molecule has 0 aliphatic rings. The van der Waals surface area contributed by atoms with Gasteiger partial charge in [0.2, 0.25) is 0 Å². The summed E-state index contributed by atoms with van der Waals surface area (Å²) in [5, 5.41) is 1.37. The maximum absolute atomic E-state index is 10.5. The molecular formula is C6H11MoNO3S. The van der Waals surface area contributed by atoms with Gasteiger partial charge in [-0.25, -0.2) is 0 Å². The van der Waals surface area contributed by atoms with E-state index in [9.17, 15) is 8.42 Å². The Morgan fingerprint density at radius 1 is 1.50 bits per heavy atom. The molecule has 0 aromatic heterocycles. The summed E-state index contributed by atoms with van der Waals surface area (Å²) in [6, 6.07) is 0. The van der Waals surface area contributed by atoms with Crippen molar-refractivity contribution in [3.8, 4) is 0 Å². The van der Waals surface area contributed by atoms with Gasteiger partial charge in [-0.3, -0.25) is 9.87 Å². The molecule has 6 heteroatoms. The zero-order chi connectivity index (χ0) is 8.91. The first-order chi connectivity index (χ1) is 5.02. The Bertz CT molecular complexity index is 237. The van der Waals surface area contributed by atoms with Crippen LogP contribution in [-0.2, 0) is 31.2 Å². The molecule has 1 unspecified atom stereocenters. The van der Waals surface area contributed by atoms with Crippen molar-refractivity contribution >= 4 is 10.1 Å². The van der Waals surface area contributed by atoms with E-state index in [-0.39, 0.29) is 21.1 Å². The van der Waals surface area contributed by atoms with Crippen molar-refractivity contribution in [3.05, 3.63) is 25.3 Å². The maximum Gasteiger partial charge on any atom is 0.284 e. The van der Waals surface area contributed by atoms with Crippen molar-refractivity contribution in [1.29, 1.82) is 0 Å². The van der Waals surface area contributed by atoms with E-state index < -0.39 is 15.5 Å². The molecule has 0 aromatic carbocycles. The van der Waals surface area contributed by atoms with Crippen molar-refractivity contribution in [2.75, 3.05) is 6.54 Å². The van der Waals surface area contributed by atoms with Crippen LogP contribution in [0.4, 0.5) is 0 Å². The SMILES string of the molecule is C=CCNC(C=C)S(=O)(=O)O.[Mo]. The van der Waals surface area contributed by atoms with Crippen molar-refractivity contribution in [3.63, 3.8) is 0 Å². The van der Waals surface area contributed by atoms with Crippen LogP contribution in [0, 0.1) is 0 Å². The topological polar surface area (TPSA) is 66.4 Å². The van der Waals surface area contributed by atoms with Gasteiger partial charge in [-0.2, -0.15) is 8.42 Å². The van der Waals surface area contributed by atoms with E-state index in [2.05, 4.69) is 18.5 Å². The molecule has 0 saturated heterocycles. The molecule has 0 spiro atoms. The van der Waals surface area contributed by atoms with Crippen molar-refractivity contribution in [2.24, 2.45) is 0 Å². The minimum atomic E-state index is -4.06. The van der Waals surface area contributed by atoms with Crippen LogP contribution in [0.2, 0.25) is 0 Å². The van der Waals surface area contributed by atoms with E-state index in [0.717, 1.165) is 6.08 Å². The smallest absolute Gasteiger partial charge is 0.284 e. The van der Waals surface area contributed by atoms with Crippen LogP contribution in [-0.4, -0.2) is 24.9 Å². The third-order valence-electron chi connectivity index (χ3n) is 0.998. The Kier molecular flexibility index (Phi) is 7.94. The van der Waals surface area contributed by atoms with Crippen molar-refractivity contribution in [2.45, 2.75) is 5.37 Å². The minimum absolute atomic E-state index is 0. The second-order valence-corrected chi connectivity index (χ2v) is 3.41. The molecule has 0 aliphatic heterocycles. The summed E-state index contributed by atoms with van der Waals surface area (Å²) in [6.45, 7) is 6.92. The van der Waals surface area contributed by atoms with Crippen molar-refractivity contribution in [1.82, 2.24) is 5.32 Å². The molecule has 0 rings (SSSR count). The van der Waals surface area contributed by atoms with Crippen LogP contribution < -0.4 is 5.32 Å². The van der Waals surface area contributed by atoms with E-state index in [1.807, 2.05) is 0 Å². The van der Waals surface area contributed by atoms with Gasteiger partial charge < -0.3 is 0 Å². The average Bonchev–Trinajstić information content (AvgIpc) is 1.87. The second kappa shape index (κ2) is 6.54. The van der Waals surface area contributed by atoms with Gasteiger partial charge in [-0.05, 0) is 0 Å². The second-order valence-electron chi connectivity index (χ2n) is 1.87. The molecule has 0 bridgehead atoms. The molecule has 4 nitrogen and oxygen atoms in total. The van der Waals surface area contributed by atoms with Gasteiger partial charge in [0.1, 0.15) is 0 Å². The Labute approximate surface area is 86.8 Å². The molecule has 2 N–H and O–H groups in total. The quantitative estimate of drug-likeness (QED) is 0.425. The van der Waals surface area contributed by atoms with Gasteiger partial charge in [-0.15, -0.1) is 13.2 Å². The Hall–Kier alpha value is 0.0383. The summed E-state index contributed by atoms with van der Waals surface area (Å²) < 4.78 is 29.4. The van der Waals surface area contributed by atoms with Gasteiger partial charge in [0.05, 0.1) is 0 Å². The van der Waals surface area contributed by atoms with Crippen LogP contribution in [0.1, 0.15) is 0 Å². The molecule has 0 saturated carbocycles. The number of hydrogen-bond donors (Lipinski definition) is 2. The normalized spacial score (nSPS) is 12.8. The van der Waals surface area contributed by atoms with Gasteiger partial charge >= 0.3 is 0 Å². The maximum atomic E-state index is 10.5. The summed E-state index contributed by atoms with van der Waals surface area (Å²) >= 11 is 0. The summed E-state index contributed by atoms with van der Waals surface area (Å²) in [4.78, 5) is 0. The molecule has 12 heavy (non-hydrogen) atoms. The molecule has 0 aliphatic carbocycles. The molecular weight excluding hydrogens is 262 g/mol. The number of hydrogen-bond acceptors (Lipinski definition) is 3. The fourth-order valence-electron chi connectivity index (χ4n) is 0.510. The molecule has 0 aromatic rings. The fourth-order valence-corrected chi connectivity index (χ4v) is 1.06. The fraction of sp³-hybridized carbons (Fsp3) is 0.333. The molecule has 0 fully saturated rings. The van der Waals surface area contributed by atoms with Crippen LogP contribution in [0.25, 0.3) is 0 Å². The minimum Gasteiger partial charge on any atom is -0.292 e. The standard InChI is InChI=1S/C6H11NO3S.Mo/c1-3-5-7-6(4-2)11(8,9)10;/h3-4,6-7H,1-2,5H2,(H,8,9,10);. The first kappa shape index (κ1) is 14.6. The van der Waals surface area contributed by atoms with Crippen LogP contribution in [0.15, 0.2) is 25.3 Å². The van der Waals surface area contributed by atoms with E-state index in [1.165, 1.54) is 6.08 Å². The molecule has 0 amide bonds. The van der Waals surface area contributed by atoms with E-state index in [1.54, 1.807) is 0 Å². The first-order valence-corrected chi connectivity index (χ1v) is 4.46. The number of rotatable bonds is 5. The Balaban J connectivity index is 0. The van der Waals surface area contributed by atoms with Crippen LogP contribution >= 0.6 is 0 Å². The van der Waals surface area contributed by atoms with E-state index >= 15 is 0 Å². The first-order valence-electron chi connectivity index (χ1n) is 2.95. The van der Waals surface area contributed by atoms with Gasteiger partial charge in [0, 0.05) is 27.6 Å². The summed E-state index contributed by atoms with van der Waals surface area (Å²) in [5.74, 6) is 0. The molecule has 0 heterocycles. The zero-order valence-corrected chi connectivity index (χ0v) is 9.26. The van der Waals surface area contributed by atoms with Gasteiger partial charge in [0.15, 0.2) is 5.37 Å². The third kappa shape index (κ3) is 5.66. The number of nitrogens with one attached hydrogen (secondary N) is 1. The van der Waals surface area contributed by atoms with Gasteiger partial charge in [-0.1, -0.05) is 12.2 Å². The van der Waals surface area contributed by atoms with Crippen LogP contribution in [0.5, 0.6) is 0 Å². The molecule has 0 radical (unpaired) electrons. The predicted molar refractivity (Wildman–Crippen MR) is 43.7 cm³/mol.